The Morgan fingerprint density at radius 3 is 2.35 bits per heavy atom. The van der Waals surface area contributed by atoms with Crippen LogP contribution in [0.3, 0.4) is 0 Å². The van der Waals surface area contributed by atoms with Gasteiger partial charge in [0.1, 0.15) is 0 Å². The van der Waals surface area contributed by atoms with Crippen LogP contribution in [0.25, 0.3) is 0 Å². The normalized spacial score (nSPS) is 18.6. The Hall–Kier alpha value is -1.10. The van der Waals surface area contributed by atoms with Gasteiger partial charge in [-0.3, -0.25) is 0 Å². The van der Waals surface area contributed by atoms with Gasteiger partial charge in [0.05, 0.1) is 6.54 Å². The molecule has 1 aliphatic carbocycles. The molecule has 1 aliphatic rings. The molecule has 0 amide bonds. The first-order chi connectivity index (χ1) is 9.53. The molecule has 1 aromatic rings. The van der Waals surface area contributed by atoms with E-state index in [2.05, 4.69) is 41.6 Å². The SMILES string of the molecule is CC(C)(C)NCc1nnc(NC2CCCCCCC2)o1. The molecule has 2 N–H and O–H groups in total. The standard InChI is InChI=1S/C15H28N4O/c1-15(2,3)16-11-13-18-19-14(20-13)17-12-9-7-5-4-6-8-10-12/h12,16H,4-11H2,1-3H3,(H,17,19). The summed E-state index contributed by atoms with van der Waals surface area (Å²) in [7, 11) is 0. The highest BCUT2D eigenvalue weighted by Gasteiger charge is 2.15. The van der Waals surface area contributed by atoms with Gasteiger partial charge in [-0.25, -0.2) is 0 Å². The summed E-state index contributed by atoms with van der Waals surface area (Å²) in [6, 6.07) is 1.06. The van der Waals surface area contributed by atoms with Crippen LogP contribution in [0.5, 0.6) is 0 Å². The molecule has 1 saturated carbocycles. The van der Waals surface area contributed by atoms with Gasteiger partial charge in [-0.15, -0.1) is 5.10 Å². The topological polar surface area (TPSA) is 63.0 Å². The summed E-state index contributed by atoms with van der Waals surface area (Å²) in [5.41, 5.74) is 0.0571. The number of hydrogen-bond acceptors (Lipinski definition) is 5. The molecule has 0 atom stereocenters. The molecule has 0 spiro atoms. The highest BCUT2D eigenvalue weighted by atomic mass is 16.4. The van der Waals surface area contributed by atoms with Crippen molar-refractivity contribution in [2.24, 2.45) is 0 Å². The quantitative estimate of drug-likeness (QED) is 0.884. The van der Waals surface area contributed by atoms with Gasteiger partial charge in [0, 0.05) is 11.6 Å². The number of nitrogens with one attached hydrogen (secondary N) is 2. The van der Waals surface area contributed by atoms with Crippen molar-refractivity contribution in [1.29, 1.82) is 0 Å². The lowest BCUT2D eigenvalue weighted by atomic mass is 9.97. The van der Waals surface area contributed by atoms with Crippen molar-refractivity contribution in [1.82, 2.24) is 15.5 Å². The first-order valence-corrected chi connectivity index (χ1v) is 7.87. The largest absolute Gasteiger partial charge is 0.407 e. The highest BCUT2D eigenvalue weighted by Crippen LogP contribution is 2.20. The maximum Gasteiger partial charge on any atom is 0.315 e. The van der Waals surface area contributed by atoms with E-state index in [4.69, 9.17) is 4.42 Å². The van der Waals surface area contributed by atoms with Crippen molar-refractivity contribution >= 4 is 6.01 Å². The van der Waals surface area contributed by atoms with Crippen LogP contribution in [0.15, 0.2) is 4.42 Å². The van der Waals surface area contributed by atoms with E-state index in [-0.39, 0.29) is 5.54 Å². The van der Waals surface area contributed by atoms with Crippen LogP contribution in [0.4, 0.5) is 6.01 Å². The second-order valence-electron chi connectivity index (χ2n) is 6.79. The van der Waals surface area contributed by atoms with Gasteiger partial charge in [-0.1, -0.05) is 37.2 Å². The zero-order chi connectivity index (χ0) is 14.4. The maximum atomic E-state index is 5.66. The van der Waals surface area contributed by atoms with Gasteiger partial charge in [-0.2, -0.15) is 0 Å². The molecule has 20 heavy (non-hydrogen) atoms. The first kappa shape index (κ1) is 15.3. The highest BCUT2D eigenvalue weighted by molar-refractivity contribution is 5.19. The van der Waals surface area contributed by atoms with Crippen LogP contribution in [-0.2, 0) is 6.54 Å². The van der Waals surface area contributed by atoms with Crippen molar-refractivity contribution in [3.63, 3.8) is 0 Å². The lowest BCUT2D eigenvalue weighted by molar-refractivity contribution is 0.381. The zero-order valence-electron chi connectivity index (χ0n) is 13.0. The summed E-state index contributed by atoms with van der Waals surface area (Å²) in [5, 5.41) is 14.9. The summed E-state index contributed by atoms with van der Waals surface area (Å²) < 4.78 is 5.66. The van der Waals surface area contributed by atoms with Crippen molar-refractivity contribution in [3.05, 3.63) is 5.89 Å². The third-order valence-corrected chi connectivity index (χ3v) is 3.67. The Morgan fingerprint density at radius 1 is 1.05 bits per heavy atom. The van der Waals surface area contributed by atoms with E-state index in [1.54, 1.807) is 0 Å². The fourth-order valence-electron chi connectivity index (χ4n) is 2.50. The van der Waals surface area contributed by atoms with Crippen LogP contribution in [-0.4, -0.2) is 21.8 Å². The molecule has 0 radical (unpaired) electrons. The summed E-state index contributed by atoms with van der Waals surface area (Å²) >= 11 is 0. The van der Waals surface area contributed by atoms with Crippen LogP contribution < -0.4 is 10.6 Å². The molecular formula is C15H28N4O. The molecule has 5 heteroatoms. The molecule has 1 fully saturated rings. The van der Waals surface area contributed by atoms with Gasteiger partial charge in [0.15, 0.2) is 0 Å². The molecule has 2 rings (SSSR count). The molecule has 1 heterocycles. The molecule has 5 nitrogen and oxygen atoms in total. The minimum Gasteiger partial charge on any atom is -0.407 e. The van der Waals surface area contributed by atoms with E-state index >= 15 is 0 Å². The number of nitrogens with zero attached hydrogens (tertiary/aromatic N) is 2. The second-order valence-corrected chi connectivity index (χ2v) is 6.79. The average molecular weight is 280 g/mol. The molecule has 0 aliphatic heterocycles. The van der Waals surface area contributed by atoms with Crippen molar-refractivity contribution in [2.45, 2.75) is 83.8 Å². The molecule has 114 valence electrons. The Labute approximate surface area is 121 Å². The van der Waals surface area contributed by atoms with Crippen molar-refractivity contribution in [2.75, 3.05) is 5.32 Å². The lowest BCUT2D eigenvalue weighted by Gasteiger charge is -2.20. The fourth-order valence-corrected chi connectivity index (χ4v) is 2.50. The van der Waals surface area contributed by atoms with E-state index in [9.17, 15) is 0 Å². The van der Waals surface area contributed by atoms with Gasteiger partial charge in [0.2, 0.25) is 5.89 Å². The monoisotopic (exact) mass is 280 g/mol. The van der Waals surface area contributed by atoms with Crippen molar-refractivity contribution < 1.29 is 4.42 Å². The van der Waals surface area contributed by atoms with Gasteiger partial charge < -0.3 is 15.1 Å². The van der Waals surface area contributed by atoms with E-state index < -0.39 is 0 Å². The third kappa shape index (κ3) is 5.49. The minimum atomic E-state index is 0.0571. The van der Waals surface area contributed by atoms with Crippen LogP contribution in [0.2, 0.25) is 0 Å². The fraction of sp³-hybridized carbons (Fsp3) is 0.867. The smallest absolute Gasteiger partial charge is 0.315 e. The Morgan fingerprint density at radius 2 is 1.70 bits per heavy atom. The molecule has 1 aromatic heterocycles. The van der Waals surface area contributed by atoms with E-state index in [1.165, 1.54) is 44.9 Å². The zero-order valence-corrected chi connectivity index (χ0v) is 13.0. The van der Waals surface area contributed by atoms with Crippen LogP contribution in [0, 0.1) is 0 Å². The Balaban J connectivity index is 1.82. The maximum absolute atomic E-state index is 5.66. The van der Waals surface area contributed by atoms with Crippen LogP contribution >= 0.6 is 0 Å². The number of rotatable bonds is 4. The molecular weight excluding hydrogens is 252 g/mol. The van der Waals surface area contributed by atoms with Crippen molar-refractivity contribution in [3.8, 4) is 0 Å². The van der Waals surface area contributed by atoms with Crippen LogP contribution in [0.1, 0.15) is 71.6 Å². The molecule has 0 bridgehead atoms. The molecule has 0 unspecified atom stereocenters. The number of anilines is 1. The van der Waals surface area contributed by atoms with E-state index in [0.717, 1.165) is 0 Å². The molecule has 0 saturated heterocycles. The summed E-state index contributed by atoms with van der Waals surface area (Å²) in [4.78, 5) is 0. The third-order valence-electron chi connectivity index (χ3n) is 3.67. The second kappa shape index (κ2) is 7.07. The number of aromatic nitrogens is 2. The lowest BCUT2D eigenvalue weighted by Crippen LogP contribution is -2.35. The Kier molecular flexibility index (Phi) is 5.40. The predicted molar refractivity (Wildman–Crippen MR) is 80.6 cm³/mol. The molecule has 0 aromatic carbocycles. The summed E-state index contributed by atoms with van der Waals surface area (Å²) in [6.45, 7) is 6.98. The van der Waals surface area contributed by atoms with E-state index in [1.807, 2.05) is 0 Å². The van der Waals surface area contributed by atoms with E-state index in [0.29, 0.717) is 24.5 Å². The summed E-state index contributed by atoms with van der Waals surface area (Å²) in [5.74, 6) is 0.647. The first-order valence-electron chi connectivity index (χ1n) is 7.87. The number of hydrogen-bond donors (Lipinski definition) is 2. The van der Waals surface area contributed by atoms with Gasteiger partial charge in [0.25, 0.3) is 0 Å². The Bertz CT molecular complexity index is 389. The average Bonchev–Trinajstić information content (AvgIpc) is 2.77. The minimum absolute atomic E-state index is 0.0571. The summed E-state index contributed by atoms with van der Waals surface area (Å²) in [6.07, 6.45) is 9.09. The van der Waals surface area contributed by atoms with Gasteiger partial charge >= 0.3 is 6.01 Å². The van der Waals surface area contributed by atoms with Gasteiger partial charge in [-0.05, 0) is 33.6 Å². The predicted octanol–water partition coefficient (Wildman–Crippen LogP) is 3.48.